The van der Waals surface area contributed by atoms with Gasteiger partial charge in [-0.05, 0) is 40.5 Å². The van der Waals surface area contributed by atoms with Crippen molar-refractivity contribution in [3.63, 3.8) is 0 Å². The molecule has 0 aliphatic rings. The number of aliphatic carboxylic acids is 1. The van der Waals surface area contributed by atoms with E-state index >= 15 is 0 Å². The largest absolute Gasteiger partial charge is 0.481 e. The Balaban J connectivity index is 2.65. The third kappa shape index (κ3) is 5.56. The number of carboxylic acid groups (broad SMARTS) is 1. The number of anilines is 1. The van der Waals surface area contributed by atoms with E-state index in [9.17, 15) is 14.0 Å². The molecule has 0 radical (unpaired) electrons. The maximum atomic E-state index is 13.1. The van der Waals surface area contributed by atoms with Gasteiger partial charge < -0.3 is 15.7 Å². The maximum Gasteiger partial charge on any atom is 0.319 e. The van der Waals surface area contributed by atoms with E-state index in [4.69, 9.17) is 5.11 Å². The van der Waals surface area contributed by atoms with Crippen molar-refractivity contribution in [2.45, 2.75) is 32.2 Å². The summed E-state index contributed by atoms with van der Waals surface area (Å²) in [5, 5.41) is 13.8. The predicted octanol–water partition coefficient (Wildman–Crippen LogP) is 3.35. The molecule has 1 aromatic rings. The van der Waals surface area contributed by atoms with E-state index < -0.39 is 23.9 Å². The summed E-state index contributed by atoms with van der Waals surface area (Å²) in [7, 11) is 0. The van der Waals surface area contributed by atoms with Gasteiger partial charge in [-0.25, -0.2) is 9.18 Å². The first-order valence-corrected chi connectivity index (χ1v) is 6.96. The van der Waals surface area contributed by atoms with E-state index in [2.05, 4.69) is 26.6 Å². The molecule has 2 amide bonds. The molecule has 7 heteroatoms. The van der Waals surface area contributed by atoms with E-state index in [-0.39, 0.29) is 12.1 Å². The Hall–Kier alpha value is -1.63. The van der Waals surface area contributed by atoms with Gasteiger partial charge in [0.25, 0.3) is 0 Å². The van der Waals surface area contributed by atoms with Crippen LogP contribution >= 0.6 is 15.9 Å². The third-order valence-electron chi connectivity index (χ3n) is 2.57. The van der Waals surface area contributed by atoms with Gasteiger partial charge in [-0.3, -0.25) is 4.79 Å². The number of halogens is 2. The molecular formula is C13H16BrFN2O3. The van der Waals surface area contributed by atoms with Crippen LogP contribution in [-0.2, 0) is 4.79 Å². The zero-order chi connectivity index (χ0) is 15.1. The molecule has 20 heavy (non-hydrogen) atoms. The topological polar surface area (TPSA) is 78.4 Å². The molecule has 1 unspecified atom stereocenters. The van der Waals surface area contributed by atoms with Gasteiger partial charge in [0.1, 0.15) is 5.82 Å². The van der Waals surface area contributed by atoms with Gasteiger partial charge in [-0.2, -0.15) is 0 Å². The first-order chi connectivity index (χ1) is 9.42. The lowest BCUT2D eigenvalue weighted by Gasteiger charge is -2.17. The average molecular weight is 347 g/mol. The average Bonchev–Trinajstić information content (AvgIpc) is 2.33. The van der Waals surface area contributed by atoms with Crippen LogP contribution in [0.25, 0.3) is 0 Å². The van der Waals surface area contributed by atoms with Gasteiger partial charge in [0.2, 0.25) is 0 Å². The zero-order valence-electron chi connectivity index (χ0n) is 11.0. The van der Waals surface area contributed by atoms with Gasteiger partial charge in [0, 0.05) is 10.5 Å². The molecule has 0 aliphatic carbocycles. The molecule has 1 aromatic carbocycles. The summed E-state index contributed by atoms with van der Waals surface area (Å²) in [6.45, 7) is 1.90. The molecule has 0 aromatic heterocycles. The molecule has 0 heterocycles. The van der Waals surface area contributed by atoms with Crippen LogP contribution in [0.5, 0.6) is 0 Å². The van der Waals surface area contributed by atoms with Crippen molar-refractivity contribution in [2.24, 2.45) is 0 Å². The van der Waals surface area contributed by atoms with Crippen molar-refractivity contribution in [3.8, 4) is 0 Å². The lowest BCUT2D eigenvalue weighted by Crippen LogP contribution is -2.39. The molecule has 0 saturated carbocycles. The fraction of sp³-hybridized carbons (Fsp3) is 0.385. The minimum atomic E-state index is -0.976. The summed E-state index contributed by atoms with van der Waals surface area (Å²) in [5.41, 5.74) is 0.285. The Bertz CT molecular complexity index is 497. The summed E-state index contributed by atoms with van der Waals surface area (Å²) in [6.07, 6.45) is 1.16. The minimum Gasteiger partial charge on any atom is -0.481 e. The summed E-state index contributed by atoms with van der Waals surface area (Å²) in [5.74, 6) is -1.45. The first kappa shape index (κ1) is 16.4. The molecule has 3 N–H and O–H groups in total. The van der Waals surface area contributed by atoms with Crippen molar-refractivity contribution in [2.75, 3.05) is 5.32 Å². The van der Waals surface area contributed by atoms with Gasteiger partial charge in [-0.1, -0.05) is 13.3 Å². The number of nitrogens with one attached hydrogen (secondary N) is 2. The highest BCUT2D eigenvalue weighted by molar-refractivity contribution is 9.10. The van der Waals surface area contributed by atoms with E-state index in [1.807, 2.05) is 6.92 Å². The van der Waals surface area contributed by atoms with Gasteiger partial charge >= 0.3 is 12.0 Å². The van der Waals surface area contributed by atoms with Crippen molar-refractivity contribution < 1.29 is 19.1 Å². The summed E-state index contributed by atoms with van der Waals surface area (Å²) in [6, 6.07) is 2.90. The maximum absolute atomic E-state index is 13.1. The summed E-state index contributed by atoms with van der Waals surface area (Å²) < 4.78 is 13.6. The smallest absolute Gasteiger partial charge is 0.319 e. The second-order valence-electron chi connectivity index (χ2n) is 4.31. The molecule has 110 valence electrons. The Morgan fingerprint density at radius 2 is 2.15 bits per heavy atom. The number of carboxylic acids is 1. The highest BCUT2D eigenvalue weighted by Gasteiger charge is 2.15. The molecule has 1 atom stereocenters. The number of hydrogen-bond acceptors (Lipinski definition) is 2. The SMILES string of the molecule is CCCC(CC(=O)O)NC(=O)Nc1cc(F)ccc1Br. The van der Waals surface area contributed by atoms with Crippen LogP contribution in [-0.4, -0.2) is 23.1 Å². The first-order valence-electron chi connectivity index (χ1n) is 6.16. The number of urea groups is 1. The number of benzene rings is 1. The highest BCUT2D eigenvalue weighted by atomic mass is 79.9. The molecule has 0 aliphatic heterocycles. The minimum absolute atomic E-state index is 0.147. The van der Waals surface area contributed by atoms with Crippen LogP contribution in [0.3, 0.4) is 0 Å². The van der Waals surface area contributed by atoms with E-state index in [0.717, 1.165) is 6.42 Å². The molecule has 5 nitrogen and oxygen atoms in total. The molecule has 0 saturated heterocycles. The number of carbonyl (C=O) groups excluding carboxylic acids is 1. The predicted molar refractivity (Wildman–Crippen MR) is 77.2 cm³/mol. The van der Waals surface area contributed by atoms with Gasteiger partial charge in [0.15, 0.2) is 0 Å². The van der Waals surface area contributed by atoms with Crippen LogP contribution in [0, 0.1) is 5.82 Å². The Labute approximate surface area is 124 Å². The Morgan fingerprint density at radius 3 is 2.75 bits per heavy atom. The van der Waals surface area contributed by atoms with E-state index in [0.29, 0.717) is 10.9 Å². The van der Waals surface area contributed by atoms with Crippen LogP contribution < -0.4 is 10.6 Å². The summed E-state index contributed by atoms with van der Waals surface area (Å²) in [4.78, 5) is 22.5. The molecule has 0 spiro atoms. The molecule has 1 rings (SSSR count). The second-order valence-corrected chi connectivity index (χ2v) is 5.16. The van der Waals surface area contributed by atoms with E-state index in [1.165, 1.54) is 18.2 Å². The normalized spacial score (nSPS) is 11.8. The fourth-order valence-corrected chi connectivity index (χ4v) is 2.07. The van der Waals surface area contributed by atoms with Crippen LogP contribution in [0.4, 0.5) is 14.9 Å². The fourth-order valence-electron chi connectivity index (χ4n) is 1.72. The van der Waals surface area contributed by atoms with Crippen LogP contribution in [0.2, 0.25) is 0 Å². The zero-order valence-corrected chi connectivity index (χ0v) is 12.5. The number of carbonyl (C=O) groups is 2. The molecule has 0 fully saturated rings. The van der Waals surface area contributed by atoms with Crippen LogP contribution in [0.15, 0.2) is 22.7 Å². The number of rotatable bonds is 6. The second kappa shape index (κ2) is 7.84. The number of amides is 2. The van der Waals surface area contributed by atoms with Gasteiger partial charge in [-0.15, -0.1) is 0 Å². The highest BCUT2D eigenvalue weighted by Crippen LogP contribution is 2.22. The lowest BCUT2D eigenvalue weighted by atomic mass is 10.1. The van der Waals surface area contributed by atoms with Gasteiger partial charge in [0.05, 0.1) is 12.1 Å². The lowest BCUT2D eigenvalue weighted by molar-refractivity contribution is -0.137. The van der Waals surface area contributed by atoms with Crippen molar-refractivity contribution in [3.05, 3.63) is 28.5 Å². The Morgan fingerprint density at radius 1 is 1.45 bits per heavy atom. The molecular weight excluding hydrogens is 331 g/mol. The van der Waals surface area contributed by atoms with Crippen LogP contribution in [0.1, 0.15) is 26.2 Å². The Kier molecular flexibility index (Phi) is 6.44. The number of hydrogen-bond donors (Lipinski definition) is 3. The van der Waals surface area contributed by atoms with Crippen molar-refractivity contribution in [1.29, 1.82) is 0 Å². The summed E-state index contributed by atoms with van der Waals surface area (Å²) >= 11 is 3.19. The quantitative estimate of drug-likeness (QED) is 0.738. The standard InChI is InChI=1S/C13H16BrFN2O3/c1-2-3-9(7-12(18)19)16-13(20)17-11-6-8(15)4-5-10(11)14/h4-6,9H,2-3,7H2,1H3,(H,18,19)(H2,16,17,20). The monoisotopic (exact) mass is 346 g/mol. The van der Waals surface area contributed by atoms with Crippen molar-refractivity contribution in [1.82, 2.24) is 5.32 Å². The molecule has 0 bridgehead atoms. The third-order valence-corrected chi connectivity index (χ3v) is 3.26. The van der Waals surface area contributed by atoms with E-state index in [1.54, 1.807) is 0 Å². The van der Waals surface area contributed by atoms with Crippen molar-refractivity contribution >= 4 is 33.6 Å².